The van der Waals surface area contributed by atoms with E-state index in [9.17, 15) is 0 Å². The Hall–Kier alpha value is -1.00. The zero-order valence-electron chi connectivity index (χ0n) is 7.73. The first-order chi connectivity index (χ1) is 6.95. The Morgan fingerprint density at radius 3 is 3.36 bits per heavy atom. The van der Waals surface area contributed by atoms with Crippen LogP contribution in [0.1, 0.15) is 17.9 Å². The van der Waals surface area contributed by atoms with Crippen molar-refractivity contribution in [1.29, 1.82) is 0 Å². The van der Waals surface area contributed by atoms with Crippen molar-refractivity contribution in [2.24, 2.45) is 0 Å². The maximum Gasteiger partial charge on any atom is 0.101 e. The summed E-state index contributed by atoms with van der Waals surface area (Å²) in [5, 5.41) is 3.39. The first-order valence-corrected chi connectivity index (χ1v) is 5.62. The lowest BCUT2D eigenvalue weighted by atomic mass is 9.99. The lowest BCUT2D eigenvalue weighted by Gasteiger charge is -2.08. The summed E-state index contributed by atoms with van der Waals surface area (Å²) < 4.78 is 5.46. The zero-order valence-corrected chi connectivity index (χ0v) is 8.55. The molecular weight excluding hydrogens is 194 g/mol. The number of nitrogens with zero attached hydrogens (tertiary/aromatic N) is 2. The number of hydrogen-bond donors (Lipinski definition) is 1. The van der Waals surface area contributed by atoms with Crippen LogP contribution in [0.3, 0.4) is 0 Å². The van der Waals surface area contributed by atoms with Gasteiger partial charge in [-0.2, -0.15) is 4.37 Å². The molecule has 1 saturated heterocycles. The van der Waals surface area contributed by atoms with Crippen molar-refractivity contribution in [2.45, 2.75) is 12.3 Å². The molecule has 3 nitrogen and oxygen atoms in total. The average Bonchev–Trinajstić information content (AvgIpc) is 2.88. The summed E-state index contributed by atoms with van der Waals surface area (Å²) in [5.41, 5.74) is 2.46. The number of pyridine rings is 1. The summed E-state index contributed by atoms with van der Waals surface area (Å²) in [6.07, 6.45) is 4.98. The molecular formula is C10H11N3S. The van der Waals surface area contributed by atoms with Crippen LogP contribution in [0.2, 0.25) is 0 Å². The zero-order chi connectivity index (χ0) is 9.38. The van der Waals surface area contributed by atoms with Gasteiger partial charge in [0.15, 0.2) is 0 Å². The van der Waals surface area contributed by atoms with Crippen LogP contribution in [0.5, 0.6) is 0 Å². The van der Waals surface area contributed by atoms with E-state index in [1.54, 1.807) is 11.5 Å². The number of nitrogens with one attached hydrogen (secondary N) is 1. The van der Waals surface area contributed by atoms with Gasteiger partial charge in [-0.1, -0.05) is 0 Å². The van der Waals surface area contributed by atoms with Gasteiger partial charge in [0.1, 0.15) is 5.52 Å². The van der Waals surface area contributed by atoms with Crippen molar-refractivity contribution in [3.63, 3.8) is 0 Å². The van der Waals surface area contributed by atoms with Crippen molar-refractivity contribution in [3.8, 4) is 0 Å². The van der Waals surface area contributed by atoms with Gasteiger partial charge in [-0.05, 0) is 42.0 Å². The molecule has 0 radical (unpaired) electrons. The number of hydrogen-bond acceptors (Lipinski definition) is 4. The standard InChI is InChI=1S/C10H11N3S/c1-3-11-5-7(1)8-2-4-12-9-6-13-14-10(8)9/h2,4,6-7,11H,1,3,5H2. The molecule has 0 aliphatic carbocycles. The second-order valence-corrected chi connectivity index (χ2v) is 4.43. The Balaban J connectivity index is 2.14. The molecule has 0 spiro atoms. The quantitative estimate of drug-likeness (QED) is 0.771. The molecule has 1 fully saturated rings. The Labute approximate surface area is 86.3 Å². The third kappa shape index (κ3) is 1.22. The minimum atomic E-state index is 0.654. The van der Waals surface area contributed by atoms with E-state index in [1.807, 2.05) is 12.4 Å². The highest BCUT2D eigenvalue weighted by Gasteiger charge is 2.19. The van der Waals surface area contributed by atoms with Crippen molar-refractivity contribution in [1.82, 2.24) is 14.7 Å². The Morgan fingerprint density at radius 1 is 1.50 bits per heavy atom. The summed E-state index contributed by atoms with van der Waals surface area (Å²) in [5.74, 6) is 0.654. The van der Waals surface area contributed by atoms with E-state index in [0.717, 1.165) is 18.6 Å². The average molecular weight is 205 g/mol. The summed E-state index contributed by atoms with van der Waals surface area (Å²) in [4.78, 5) is 4.30. The molecule has 3 heterocycles. The molecule has 1 aliphatic rings. The van der Waals surface area contributed by atoms with E-state index in [-0.39, 0.29) is 0 Å². The van der Waals surface area contributed by atoms with Gasteiger partial charge >= 0.3 is 0 Å². The molecule has 2 aromatic rings. The third-order valence-electron chi connectivity index (χ3n) is 2.78. The first-order valence-electron chi connectivity index (χ1n) is 4.85. The van der Waals surface area contributed by atoms with E-state index in [0.29, 0.717) is 5.92 Å². The van der Waals surface area contributed by atoms with Crippen LogP contribution in [0, 0.1) is 0 Å². The van der Waals surface area contributed by atoms with Gasteiger partial charge in [-0.25, -0.2) is 0 Å². The highest BCUT2D eigenvalue weighted by atomic mass is 32.1. The largest absolute Gasteiger partial charge is 0.316 e. The molecule has 0 saturated carbocycles. The van der Waals surface area contributed by atoms with Crippen LogP contribution in [-0.4, -0.2) is 22.4 Å². The topological polar surface area (TPSA) is 37.8 Å². The Morgan fingerprint density at radius 2 is 2.50 bits per heavy atom. The van der Waals surface area contributed by atoms with Gasteiger partial charge in [-0.15, -0.1) is 0 Å². The minimum Gasteiger partial charge on any atom is -0.316 e. The maximum absolute atomic E-state index is 4.30. The molecule has 0 bridgehead atoms. The monoisotopic (exact) mass is 205 g/mol. The predicted molar refractivity (Wildman–Crippen MR) is 57.6 cm³/mol. The maximum atomic E-state index is 4.30. The van der Waals surface area contributed by atoms with E-state index >= 15 is 0 Å². The highest BCUT2D eigenvalue weighted by Crippen LogP contribution is 2.30. The molecule has 1 aliphatic heterocycles. The van der Waals surface area contributed by atoms with Crippen LogP contribution in [0.15, 0.2) is 18.5 Å². The van der Waals surface area contributed by atoms with Crippen LogP contribution in [0.25, 0.3) is 10.2 Å². The van der Waals surface area contributed by atoms with Crippen molar-refractivity contribution < 1.29 is 0 Å². The van der Waals surface area contributed by atoms with Gasteiger partial charge in [0.25, 0.3) is 0 Å². The second-order valence-electron chi connectivity index (χ2n) is 3.63. The molecule has 3 rings (SSSR count). The summed E-state index contributed by atoms with van der Waals surface area (Å²) in [7, 11) is 0. The minimum absolute atomic E-state index is 0.654. The molecule has 1 N–H and O–H groups in total. The smallest absolute Gasteiger partial charge is 0.101 e. The summed E-state index contributed by atoms with van der Waals surface area (Å²) >= 11 is 1.56. The Bertz CT molecular complexity index is 445. The van der Waals surface area contributed by atoms with E-state index < -0.39 is 0 Å². The molecule has 0 amide bonds. The van der Waals surface area contributed by atoms with E-state index in [1.165, 1.54) is 16.7 Å². The first kappa shape index (κ1) is 8.32. The van der Waals surface area contributed by atoms with Gasteiger partial charge < -0.3 is 5.32 Å². The van der Waals surface area contributed by atoms with Crippen molar-refractivity contribution in [2.75, 3.05) is 13.1 Å². The highest BCUT2D eigenvalue weighted by molar-refractivity contribution is 7.13. The fourth-order valence-corrected chi connectivity index (χ4v) is 2.84. The number of aromatic nitrogens is 2. The molecule has 0 aromatic carbocycles. The van der Waals surface area contributed by atoms with Crippen LogP contribution in [-0.2, 0) is 0 Å². The van der Waals surface area contributed by atoms with Gasteiger partial charge in [0.2, 0.25) is 0 Å². The lowest BCUT2D eigenvalue weighted by Crippen LogP contribution is -2.08. The van der Waals surface area contributed by atoms with Gasteiger partial charge in [-0.3, -0.25) is 4.98 Å². The molecule has 1 unspecified atom stereocenters. The lowest BCUT2D eigenvalue weighted by molar-refractivity contribution is 0.770. The molecule has 72 valence electrons. The summed E-state index contributed by atoms with van der Waals surface area (Å²) in [6.45, 7) is 2.23. The fourth-order valence-electron chi connectivity index (χ4n) is 2.04. The second kappa shape index (κ2) is 3.29. The Kier molecular flexibility index (Phi) is 1.96. The van der Waals surface area contributed by atoms with E-state index in [2.05, 4.69) is 20.7 Å². The van der Waals surface area contributed by atoms with Crippen LogP contribution < -0.4 is 5.32 Å². The summed E-state index contributed by atoms with van der Waals surface area (Å²) in [6, 6.07) is 2.14. The molecule has 14 heavy (non-hydrogen) atoms. The van der Waals surface area contributed by atoms with Gasteiger partial charge in [0.05, 0.1) is 10.9 Å². The number of fused-ring (bicyclic) bond motifs is 1. The predicted octanol–water partition coefficient (Wildman–Crippen LogP) is 1.77. The molecule has 1 atom stereocenters. The van der Waals surface area contributed by atoms with Crippen molar-refractivity contribution >= 4 is 21.7 Å². The number of rotatable bonds is 1. The van der Waals surface area contributed by atoms with E-state index in [4.69, 9.17) is 0 Å². The van der Waals surface area contributed by atoms with Crippen LogP contribution >= 0.6 is 11.5 Å². The molecule has 4 heteroatoms. The third-order valence-corrected chi connectivity index (χ3v) is 3.62. The SMILES string of the molecule is c1cc(C2CCNC2)c2sncc2n1. The normalized spacial score (nSPS) is 21.9. The molecule has 2 aromatic heterocycles. The van der Waals surface area contributed by atoms with Crippen molar-refractivity contribution in [3.05, 3.63) is 24.0 Å². The van der Waals surface area contributed by atoms with Gasteiger partial charge in [0, 0.05) is 12.7 Å². The van der Waals surface area contributed by atoms with Crippen LogP contribution in [0.4, 0.5) is 0 Å². The fraction of sp³-hybridized carbons (Fsp3) is 0.400.